The maximum absolute atomic E-state index is 11.3. The quantitative estimate of drug-likeness (QED) is 0.376. The molecule has 0 amide bonds. The van der Waals surface area contributed by atoms with Crippen molar-refractivity contribution in [3.8, 4) is 0 Å². The third-order valence-electron chi connectivity index (χ3n) is 4.52. The van der Waals surface area contributed by atoms with Gasteiger partial charge in [0.05, 0.1) is 6.10 Å². The van der Waals surface area contributed by atoms with E-state index >= 15 is 0 Å². The van der Waals surface area contributed by atoms with Crippen LogP contribution in [0.15, 0.2) is 24.3 Å². The lowest BCUT2D eigenvalue weighted by atomic mass is 10.1. The molecule has 1 rings (SSSR count). The van der Waals surface area contributed by atoms with Crippen molar-refractivity contribution in [2.24, 2.45) is 0 Å². The van der Waals surface area contributed by atoms with Crippen molar-refractivity contribution in [2.75, 3.05) is 0 Å². The van der Waals surface area contributed by atoms with E-state index in [0.717, 1.165) is 25.7 Å². The molecule has 0 N–H and O–H groups in total. The molecule has 0 unspecified atom stereocenters. The van der Waals surface area contributed by atoms with E-state index < -0.39 is 8.32 Å². The van der Waals surface area contributed by atoms with Gasteiger partial charge in [0.1, 0.15) is 6.10 Å². The van der Waals surface area contributed by atoms with Crippen LogP contribution in [0, 0.1) is 0 Å². The van der Waals surface area contributed by atoms with E-state index in [4.69, 9.17) is 9.16 Å². The summed E-state index contributed by atoms with van der Waals surface area (Å²) in [6.07, 6.45) is 11.5. The fraction of sp³-hybridized carbons (Fsp3) is 0.722. The Hall–Kier alpha value is -0.873. The molecule has 1 heterocycles. The SMILES string of the molecule is CCCC[C@@H](/C=C\[C@H]1CC=CC(=O)O1)O[Si](C)(C)C(C)(C)C. The van der Waals surface area contributed by atoms with Crippen LogP contribution in [0.25, 0.3) is 0 Å². The van der Waals surface area contributed by atoms with Crippen molar-refractivity contribution in [3.05, 3.63) is 24.3 Å². The number of carbonyl (C=O) groups is 1. The maximum Gasteiger partial charge on any atom is 0.331 e. The topological polar surface area (TPSA) is 35.5 Å². The Bertz CT molecular complexity index is 419. The minimum absolute atomic E-state index is 0.116. The highest BCUT2D eigenvalue weighted by Crippen LogP contribution is 2.38. The third-order valence-corrected chi connectivity index (χ3v) is 9.03. The second-order valence-corrected chi connectivity index (χ2v) is 12.3. The van der Waals surface area contributed by atoms with Crippen molar-refractivity contribution in [1.82, 2.24) is 0 Å². The zero-order valence-corrected chi connectivity index (χ0v) is 16.0. The third kappa shape index (κ3) is 6.09. The summed E-state index contributed by atoms with van der Waals surface area (Å²) in [6.45, 7) is 13.5. The number of cyclic esters (lactones) is 1. The van der Waals surface area contributed by atoms with E-state index in [2.05, 4.69) is 46.9 Å². The summed E-state index contributed by atoms with van der Waals surface area (Å²) in [5.74, 6) is -0.253. The lowest BCUT2D eigenvalue weighted by molar-refractivity contribution is -0.141. The number of hydrogen-bond acceptors (Lipinski definition) is 3. The Kier molecular flexibility index (Phi) is 7.07. The smallest absolute Gasteiger partial charge is 0.331 e. The average molecular weight is 325 g/mol. The van der Waals surface area contributed by atoms with Gasteiger partial charge >= 0.3 is 5.97 Å². The first kappa shape index (κ1) is 19.2. The van der Waals surface area contributed by atoms with Crippen molar-refractivity contribution >= 4 is 14.3 Å². The number of ether oxygens (including phenoxy) is 1. The van der Waals surface area contributed by atoms with E-state index in [0.29, 0.717) is 0 Å². The predicted molar refractivity (Wildman–Crippen MR) is 94.4 cm³/mol. The second-order valence-electron chi connectivity index (χ2n) is 7.56. The molecule has 0 aliphatic carbocycles. The Morgan fingerprint density at radius 3 is 2.68 bits per heavy atom. The molecular weight excluding hydrogens is 292 g/mol. The molecule has 0 spiro atoms. The fourth-order valence-electron chi connectivity index (χ4n) is 2.06. The van der Waals surface area contributed by atoms with Gasteiger partial charge in [0, 0.05) is 12.5 Å². The highest BCUT2D eigenvalue weighted by atomic mass is 28.4. The van der Waals surface area contributed by atoms with Gasteiger partial charge in [-0.25, -0.2) is 4.79 Å². The van der Waals surface area contributed by atoms with Crippen molar-refractivity contribution in [2.45, 2.75) is 83.7 Å². The van der Waals surface area contributed by atoms with Gasteiger partial charge in [-0.1, -0.05) is 52.7 Å². The second kappa shape index (κ2) is 8.11. The van der Waals surface area contributed by atoms with Crippen LogP contribution >= 0.6 is 0 Å². The lowest BCUT2D eigenvalue weighted by Gasteiger charge is -2.38. The highest BCUT2D eigenvalue weighted by molar-refractivity contribution is 6.74. The van der Waals surface area contributed by atoms with E-state index in [1.54, 1.807) is 0 Å². The van der Waals surface area contributed by atoms with Crippen LogP contribution in [0.1, 0.15) is 53.4 Å². The molecule has 22 heavy (non-hydrogen) atoms. The van der Waals surface area contributed by atoms with E-state index in [9.17, 15) is 4.79 Å². The molecule has 126 valence electrons. The summed E-state index contributed by atoms with van der Waals surface area (Å²) in [4.78, 5) is 11.3. The fourth-order valence-corrected chi connectivity index (χ4v) is 3.36. The molecule has 4 heteroatoms. The summed E-state index contributed by atoms with van der Waals surface area (Å²) in [7, 11) is -1.79. The number of esters is 1. The molecule has 0 aromatic heterocycles. The standard InChI is InChI=1S/C18H32O3Si/c1-7-8-10-16(21-22(5,6)18(2,3)4)14-13-15-11-9-12-17(19)20-15/h9,12-16H,7-8,10-11H2,1-6H3/b14-13-/t15-,16+/m1/s1. The van der Waals surface area contributed by atoms with Gasteiger partial charge in [-0.2, -0.15) is 0 Å². The van der Waals surface area contributed by atoms with Crippen LogP contribution in [-0.4, -0.2) is 26.5 Å². The van der Waals surface area contributed by atoms with Gasteiger partial charge in [0.2, 0.25) is 0 Å². The van der Waals surface area contributed by atoms with Crippen LogP contribution in [0.4, 0.5) is 0 Å². The molecule has 0 radical (unpaired) electrons. The van der Waals surface area contributed by atoms with Gasteiger partial charge in [0.25, 0.3) is 0 Å². The van der Waals surface area contributed by atoms with Crippen LogP contribution in [0.5, 0.6) is 0 Å². The van der Waals surface area contributed by atoms with Crippen LogP contribution in [0.2, 0.25) is 18.1 Å². The summed E-state index contributed by atoms with van der Waals surface area (Å²) >= 11 is 0. The van der Waals surface area contributed by atoms with Crippen molar-refractivity contribution in [1.29, 1.82) is 0 Å². The molecule has 0 saturated carbocycles. The zero-order chi connectivity index (χ0) is 16.8. The molecule has 0 fully saturated rings. The molecule has 0 saturated heterocycles. The van der Waals surface area contributed by atoms with Crippen molar-refractivity contribution < 1.29 is 14.0 Å². The summed E-state index contributed by atoms with van der Waals surface area (Å²) in [5, 5.41) is 0.200. The molecular formula is C18H32O3Si. The molecule has 0 aromatic rings. The normalized spacial score (nSPS) is 21.2. The molecule has 2 atom stereocenters. The van der Waals surface area contributed by atoms with Gasteiger partial charge < -0.3 is 9.16 Å². The highest BCUT2D eigenvalue weighted by Gasteiger charge is 2.38. The summed E-state index contributed by atoms with van der Waals surface area (Å²) in [6, 6.07) is 0. The van der Waals surface area contributed by atoms with Crippen LogP contribution in [0.3, 0.4) is 0 Å². The molecule has 1 aliphatic heterocycles. The van der Waals surface area contributed by atoms with E-state index in [-0.39, 0.29) is 23.2 Å². The van der Waals surface area contributed by atoms with Gasteiger partial charge in [-0.3, -0.25) is 0 Å². The molecule has 1 aliphatic rings. The molecule has 0 aromatic carbocycles. The first-order valence-corrected chi connectivity index (χ1v) is 11.3. The van der Waals surface area contributed by atoms with E-state index in [1.165, 1.54) is 6.08 Å². The minimum Gasteiger partial charge on any atom is -0.455 e. The number of rotatable bonds is 7. The van der Waals surface area contributed by atoms with Gasteiger partial charge in [-0.05, 0) is 30.6 Å². The van der Waals surface area contributed by atoms with Gasteiger partial charge in [0.15, 0.2) is 8.32 Å². The summed E-state index contributed by atoms with van der Waals surface area (Å²) in [5.41, 5.74) is 0. The predicted octanol–water partition coefficient (Wildman–Crippen LogP) is 4.99. The Labute approximate surface area is 136 Å². The first-order chi connectivity index (χ1) is 10.2. The minimum atomic E-state index is -1.79. The van der Waals surface area contributed by atoms with Crippen LogP contribution < -0.4 is 0 Å². The molecule has 0 bridgehead atoms. The lowest BCUT2D eigenvalue weighted by Crippen LogP contribution is -2.43. The Morgan fingerprint density at radius 1 is 1.45 bits per heavy atom. The number of hydrogen-bond donors (Lipinski definition) is 0. The van der Waals surface area contributed by atoms with E-state index in [1.807, 2.05) is 12.2 Å². The Morgan fingerprint density at radius 2 is 2.14 bits per heavy atom. The largest absolute Gasteiger partial charge is 0.455 e. The average Bonchev–Trinajstić information content (AvgIpc) is 2.40. The van der Waals surface area contributed by atoms with Gasteiger partial charge in [-0.15, -0.1) is 0 Å². The van der Waals surface area contributed by atoms with Crippen molar-refractivity contribution in [3.63, 3.8) is 0 Å². The monoisotopic (exact) mass is 324 g/mol. The van der Waals surface area contributed by atoms with Crippen LogP contribution in [-0.2, 0) is 14.0 Å². The number of carbonyl (C=O) groups excluding carboxylic acids is 1. The molecule has 3 nitrogen and oxygen atoms in total. The Balaban J connectivity index is 2.72. The number of unbranched alkanes of at least 4 members (excludes halogenated alkanes) is 1. The zero-order valence-electron chi connectivity index (χ0n) is 15.0. The first-order valence-electron chi connectivity index (χ1n) is 8.39. The maximum atomic E-state index is 11.3. The summed E-state index contributed by atoms with van der Waals surface area (Å²) < 4.78 is 11.8.